The number of aryl methyl sites for hydroxylation is 1. The zero-order valence-corrected chi connectivity index (χ0v) is 12.0. The van der Waals surface area contributed by atoms with Crippen molar-refractivity contribution in [2.24, 2.45) is 5.92 Å². The molecule has 0 bridgehead atoms. The summed E-state index contributed by atoms with van der Waals surface area (Å²) in [5, 5.41) is 15.3. The first kappa shape index (κ1) is 13.4. The molecule has 5 heteroatoms. The van der Waals surface area contributed by atoms with Gasteiger partial charge in [-0.1, -0.05) is 13.8 Å². The second-order valence-electron chi connectivity index (χ2n) is 6.07. The lowest BCUT2D eigenvalue weighted by molar-refractivity contribution is 0.0138. The van der Waals surface area contributed by atoms with Crippen molar-refractivity contribution in [1.82, 2.24) is 14.8 Å². The van der Waals surface area contributed by atoms with E-state index in [1.54, 1.807) is 12.6 Å². The summed E-state index contributed by atoms with van der Waals surface area (Å²) in [5.41, 5.74) is 0.0466. The Hall–Kier alpha value is -1.62. The highest BCUT2D eigenvalue weighted by Crippen LogP contribution is 2.38. The van der Waals surface area contributed by atoms with Gasteiger partial charge in [-0.05, 0) is 24.8 Å². The molecule has 2 aromatic heterocycles. The maximum atomic E-state index is 11.0. The predicted octanol–water partition coefficient (Wildman–Crippen LogP) is 2.29. The van der Waals surface area contributed by atoms with Gasteiger partial charge >= 0.3 is 0 Å². The third-order valence-corrected chi connectivity index (χ3v) is 3.93. The fourth-order valence-corrected chi connectivity index (χ4v) is 2.99. The smallest absolute Gasteiger partial charge is 0.138 e. The summed E-state index contributed by atoms with van der Waals surface area (Å²) in [6, 6.07) is 1.89. The van der Waals surface area contributed by atoms with Gasteiger partial charge in [-0.25, -0.2) is 9.67 Å². The molecule has 5 nitrogen and oxygen atoms in total. The Kier molecular flexibility index (Phi) is 3.38. The zero-order valence-electron chi connectivity index (χ0n) is 12.0. The van der Waals surface area contributed by atoms with Crippen LogP contribution in [0.15, 0.2) is 23.1 Å². The average molecular weight is 275 g/mol. The van der Waals surface area contributed by atoms with E-state index in [1.165, 1.54) is 0 Å². The molecule has 1 atom stereocenters. The maximum Gasteiger partial charge on any atom is 0.138 e. The van der Waals surface area contributed by atoms with Crippen molar-refractivity contribution in [2.45, 2.75) is 51.7 Å². The second kappa shape index (κ2) is 5.05. The molecule has 0 amide bonds. The Morgan fingerprint density at radius 2 is 2.35 bits per heavy atom. The number of rotatable bonds is 4. The van der Waals surface area contributed by atoms with Gasteiger partial charge in [0.15, 0.2) is 0 Å². The molecule has 108 valence electrons. The van der Waals surface area contributed by atoms with Crippen molar-refractivity contribution in [3.63, 3.8) is 0 Å². The Morgan fingerprint density at radius 1 is 1.50 bits per heavy atom. The van der Waals surface area contributed by atoms with E-state index in [0.29, 0.717) is 12.3 Å². The summed E-state index contributed by atoms with van der Waals surface area (Å²) in [6.45, 7) is 5.12. The molecule has 0 spiro atoms. The van der Waals surface area contributed by atoms with E-state index >= 15 is 0 Å². The molecule has 1 aliphatic rings. The molecular formula is C15H21N3O2. The minimum atomic E-state index is -0.873. The number of fused-ring (bicyclic) bond motifs is 1. The van der Waals surface area contributed by atoms with Crippen molar-refractivity contribution < 1.29 is 9.52 Å². The summed E-state index contributed by atoms with van der Waals surface area (Å²) in [4.78, 5) is 4.33. The minimum Gasteiger partial charge on any atom is -0.469 e. The van der Waals surface area contributed by atoms with E-state index in [1.807, 2.05) is 10.7 Å². The lowest BCUT2D eigenvalue weighted by atomic mass is 9.80. The normalized spacial score (nSPS) is 22.2. The van der Waals surface area contributed by atoms with Crippen LogP contribution in [0.5, 0.6) is 0 Å². The van der Waals surface area contributed by atoms with E-state index in [2.05, 4.69) is 23.9 Å². The Morgan fingerprint density at radius 3 is 3.15 bits per heavy atom. The van der Waals surface area contributed by atoms with Crippen LogP contribution in [-0.2, 0) is 25.0 Å². The number of aliphatic hydroxyl groups is 1. The lowest BCUT2D eigenvalue weighted by Crippen LogP contribution is -2.33. The SMILES string of the molecule is CC(C)Cn1ncnc1CC1(O)CCCc2occc21. The monoisotopic (exact) mass is 275 g/mol. The zero-order chi connectivity index (χ0) is 14.2. The van der Waals surface area contributed by atoms with Crippen LogP contribution in [0.3, 0.4) is 0 Å². The van der Waals surface area contributed by atoms with Crippen molar-refractivity contribution >= 4 is 0 Å². The standard InChI is InChI=1S/C15H21N3O2/c1-11(2)9-18-14(16-10-17-18)8-15(19)6-3-4-13-12(15)5-7-20-13/h5,7,10-11,19H,3-4,6,8-9H2,1-2H3. The summed E-state index contributed by atoms with van der Waals surface area (Å²) >= 11 is 0. The Balaban J connectivity index is 1.87. The van der Waals surface area contributed by atoms with Gasteiger partial charge in [0.05, 0.1) is 6.26 Å². The minimum absolute atomic E-state index is 0.492. The molecule has 1 aliphatic carbocycles. The first-order valence-corrected chi connectivity index (χ1v) is 7.24. The van der Waals surface area contributed by atoms with Crippen molar-refractivity contribution in [3.05, 3.63) is 35.8 Å². The van der Waals surface area contributed by atoms with Crippen molar-refractivity contribution in [1.29, 1.82) is 0 Å². The first-order valence-electron chi connectivity index (χ1n) is 7.24. The number of aromatic nitrogens is 3. The van der Waals surface area contributed by atoms with E-state index in [-0.39, 0.29) is 0 Å². The third kappa shape index (κ3) is 2.38. The van der Waals surface area contributed by atoms with Gasteiger partial charge in [-0.2, -0.15) is 5.10 Å². The molecule has 0 fully saturated rings. The van der Waals surface area contributed by atoms with Crippen molar-refractivity contribution in [2.75, 3.05) is 0 Å². The van der Waals surface area contributed by atoms with Crippen LogP contribution in [0.1, 0.15) is 43.8 Å². The highest BCUT2D eigenvalue weighted by atomic mass is 16.3. The molecule has 3 rings (SSSR count). The number of hydrogen-bond donors (Lipinski definition) is 1. The number of hydrogen-bond acceptors (Lipinski definition) is 4. The fraction of sp³-hybridized carbons (Fsp3) is 0.600. The molecule has 2 aromatic rings. The van der Waals surface area contributed by atoms with Crippen LogP contribution in [-0.4, -0.2) is 19.9 Å². The van der Waals surface area contributed by atoms with Crippen LogP contribution in [0.4, 0.5) is 0 Å². The maximum absolute atomic E-state index is 11.0. The summed E-state index contributed by atoms with van der Waals surface area (Å²) < 4.78 is 7.36. The van der Waals surface area contributed by atoms with Crippen LogP contribution in [0, 0.1) is 5.92 Å². The van der Waals surface area contributed by atoms with Gasteiger partial charge < -0.3 is 9.52 Å². The molecule has 0 saturated heterocycles. The predicted molar refractivity (Wildman–Crippen MR) is 74.1 cm³/mol. The quantitative estimate of drug-likeness (QED) is 0.930. The molecule has 0 saturated carbocycles. The van der Waals surface area contributed by atoms with E-state index in [0.717, 1.165) is 43.0 Å². The fourth-order valence-electron chi connectivity index (χ4n) is 2.99. The van der Waals surface area contributed by atoms with Crippen molar-refractivity contribution in [3.8, 4) is 0 Å². The van der Waals surface area contributed by atoms with Gasteiger partial charge in [-0.15, -0.1) is 0 Å². The lowest BCUT2D eigenvalue weighted by Gasteiger charge is -2.31. The Labute approximate surface area is 118 Å². The van der Waals surface area contributed by atoms with Crippen LogP contribution >= 0.6 is 0 Å². The van der Waals surface area contributed by atoms with Gasteiger partial charge in [0.25, 0.3) is 0 Å². The third-order valence-electron chi connectivity index (χ3n) is 3.93. The molecule has 0 aromatic carbocycles. The van der Waals surface area contributed by atoms with Crippen LogP contribution < -0.4 is 0 Å². The topological polar surface area (TPSA) is 64.1 Å². The number of furan rings is 1. The molecule has 0 aliphatic heterocycles. The highest BCUT2D eigenvalue weighted by Gasteiger charge is 2.37. The molecule has 2 heterocycles. The first-order chi connectivity index (χ1) is 9.58. The van der Waals surface area contributed by atoms with E-state index in [4.69, 9.17) is 4.42 Å². The summed E-state index contributed by atoms with van der Waals surface area (Å²) in [5.74, 6) is 2.25. The highest BCUT2D eigenvalue weighted by molar-refractivity contribution is 5.28. The number of nitrogens with zero attached hydrogens (tertiary/aromatic N) is 3. The van der Waals surface area contributed by atoms with E-state index < -0.39 is 5.60 Å². The van der Waals surface area contributed by atoms with Gasteiger partial charge in [0.2, 0.25) is 0 Å². The molecule has 0 radical (unpaired) electrons. The Bertz CT molecular complexity index is 587. The van der Waals surface area contributed by atoms with Gasteiger partial charge in [0, 0.05) is 24.9 Å². The molecule has 1 unspecified atom stereocenters. The molecule has 20 heavy (non-hydrogen) atoms. The average Bonchev–Trinajstić information content (AvgIpc) is 2.99. The van der Waals surface area contributed by atoms with Gasteiger partial charge in [0.1, 0.15) is 23.5 Å². The molecular weight excluding hydrogens is 254 g/mol. The van der Waals surface area contributed by atoms with Crippen LogP contribution in [0.2, 0.25) is 0 Å². The molecule has 1 N–H and O–H groups in total. The second-order valence-corrected chi connectivity index (χ2v) is 6.07. The van der Waals surface area contributed by atoms with E-state index in [9.17, 15) is 5.11 Å². The van der Waals surface area contributed by atoms with Crippen LogP contribution in [0.25, 0.3) is 0 Å². The summed E-state index contributed by atoms with van der Waals surface area (Å²) in [7, 11) is 0. The van der Waals surface area contributed by atoms with Gasteiger partial charge in [-0.3, -0.25) is 0 Å². The summed E-state index contributed by atoms with van der Waals surface area (Å²) in [6.07, 6.45) is 6.32. The largest absolute Gasteiger partial charge is 0.469 e.